The van der Waals surface area contributed by atoms with E-state index in [-0.39, 0.29) is 17.8 Å². The number of carboxylic acids is 1. The Hall–Kier alpha value is -3.30. The van der Waals surface area contributed by atoms with Gasteiger partial charge in [-0.05, 0) is 42.3 Å². The Morgan fingerprint density at radius 3 is 2.03 bits per heavy atom. The summed E-state index contributed by atoms with van der Waals surface area (Å²) in [5.41, 5.74) is 3.22. The molecule has 0 fully saturated rings. The maximum atomic E-state index is 11.3. The van der Waals surface area contributed by atoms with E-state index in [0.29, 0.717) is 16.5 Å². The van der Waals surface area contributed by atoms with Gasteiger partial charge < -0.3 is 14.9 Å². The summed E-state index contributed by atoms with van der Waals surface area (Å²) < 4.78 is 4.68. The van der Waals surface area contributed by atoms with Crippen molar-refractivity contribution in [2.75, 3.05) is 18.6 Å². The molecular weight excluding hydrogens is 484 g/mol. The van der Waals surface area contributed by atoms with Crippen molar-refractivity contribution in [2.45, 2.75) is 19.0 Å². The number of hydrogen-bond donors (Lipinski definition) is 2. The van der Waals surface area contributed by atoms with Crippen molar-refractivity contribution in [3.05, 3.63) is 77.4 Å². The van der Waals surface area contributed by atoms with Crippen LogP contribution < -0.4 is 0 Å². The van der Waals surface area contributed by atoms with Gasteiger partial charge in [-0.3, -0.25) is 9.98 Å². The number of carboxylic acid groups (broad SMARTS) is 1. The van der Waals surface area contributed by atoms with Gasteiger partial charge in [-0.1, -0.05) is 54.1 Å². The third-order valence-electron chi connectivity index (χ3n) is 4.85. The first-order valence-corrected chi connectivity index (χ1v) is 12.7. The molecule has 0 radical (unpaired) electrons. The monoisotopic (exact) mass is 510 g/mol. The SMILES string of the molecule is COC(=O)[C@H]1CSC(/C=C/c2cccc(C)c2)=N1.O=C(O)[C@H]1CSC(/C=C/c2cccc(O)c2)=N1. The van der Waals surface area contributed by atoms with Gasteiger partial charge in [0.2, 0.25) is 0 Å². The molecule has 4 rings (SSSR count). The first-order chi connectivity index (χ1) is 16.8. The molecule has 0 saturated heterocycles. The van der Waals surface area contributed by atoms with Gasteiger partial charge in [-0.25, -0.2) is 9.59 Å². The Morgan fingerprint density at radius 2 is 1.49 bits per heavy atom. The number of aromatic hydroxyl groups is 1. The largest absolute Gasteiger partial charge is 0.508 e. The zero-order valence-corrected chi connectivity index (χ0v) is 21.0. The molecule has 35 heavy (non-hydrogen) atoms. The highest BCUT2D eigenvalue weighted by atomic mass is 32.2. The predicted octanol–water partition coefficient (Wildman–Crippen LogP) is 4.70. The molecule has 2 N–H and O–H groups in total. The number of hydrogen-bond acceptors (Lipinski definition) is 8. The van der Waals surface area contributed by atoms with Crippen LogP contribution in [0, 0.1) is 6.92 Å². The number of aryl methyl sites for hydroxylation is 1. The van der Waals surface area contributed by atoms with Gasteiger partial charge in [-0.15, -0.1) is 23.5 Å². The molecule has 2 atom stereocenters. The van der Waals surface area contributed by atoms with Crippen molar-refractivity contribution in [1.29, 1.82) is 0 Å². The van der Waals surface area contributed by atoms with Gasteiger partial charge in [0, 0.05) is 11.5 Å². The molecule has 2 aromatic carbocycles. The number of phenols is 1. The number of esters is 1. The molecule has 0 amide bonds. The van der Waals surface area contributed by atoms with E-state index in [4.69, 9.17) is 5.11 Å². The molecule has 182 valence electrons. The lowest BCUT2D eigenvalue weighted by Gasteiger charge is -2.00. The summed E-state index contributed by atoms with van der Waals surface area (Å²) in [6.45, 7) is 2.06. The Labute approximate surface area is 212 Å². The number of rotatable bonds is 6. The van der Waals surface area contributed by atoms with Gasteiger partial charge in [-0.2, -0.15) is 0 Å². The summed E-state index contributed by atoms with van der Waals surface area (Å²) in [4.78, 5) is 30.4. The average molecular weight is 511 g/mol. The van der Waals surface area contributed by atoms with Crippen LogP contribution in [-0.2, 0) is 14.3 Å². The zero-order chi connectivity index (χ0) is 25.2. The summed E-state index contributed by atoms with van der Waals surface area (Å²) in [7, 11) is 1.39. The topological polar surface area (TPSA) is 109 Å². The second-order valence-corrected chi connectivity index (χ2v) is 9.71. The molecule has 2 heterocycles. The minimum atomic E-state index is -0.891. The predicted molar refractivity (Wildman–Crippen MR) is 144 cm³/mol. The molecule has 7 nitrogen and oxygen atoms in total. The molecule has 2 aliphatic heterocycles. The molecule has 0 saturated carbocycles. The number of phenolic OH excluding ortho intramolecular Hbond substituents is 1. The molecule has 0 unspecified atom stereocenters. The van der Waals surface area contributed by atoms with Crippen LogP contribution in [-0.4, -0.2) is 62.9 Å². The van der Waals surface area contributed by atoms with Crippen molar-refractivity contribution in [2.24, 2.45) is 9.98 Å². The molecule has 9 heteroatoms. The maximum absolute atomic E-state index is 11.3. The van der Waals surface area contributed by atoms with Gasteiger partial charge in [0.25, 0.3) is 0 Å². The number of ether oxygens (including phenoxy) is 1. The lowest BCUT2D eigenvalue weighted by molar-refractivity contribution is -0.141. The Kier molecular flexibility index (Phi) is 9.75. The lowest BCUT2D eigenvalue weighted by Crippen LogP contribution is -2.19. The minimum absolute atomic E-state index is 0.205. The Bertz CT molecular complexity index is 1190. The van der Waals surface area contributed by atoms with Crippen LogP contribution in [0.5, 0.6) is 5.75 Å². The Morgan fingerprint density at radius 1 is 0.914 bits per heavy atom. The molecule has 0 aliphatic carbocycles. The Balaban J connectivity index is 0.000000196. The number of methoxy groups -OCH3 is 1. The molecule has 2 aromatic rings. The second-order valence-electron chi connectivity index (χ2n) is 7.63. The fraction of sp³-hybridized carbons (Fsp3) is 0.231. The van der Waals surface area contributed by atoms with Crippen LogP contribution in [0.25, 0.3) is 12.2 Å². The molecule has 0 spiro atoms. The third kappa shape index (κ3) is 8.45. The van der Waals surface area contributed by atoms with Crippen LogP contribution in [0.1, 0.15) is 16.7 Å². The molecule has 0 bridgehead atoms. The summed E-state index contributed by atoms with van der Waals surface area (Å²) >= 11 is 3.00. The van der Waals surface area contributed by atoms with Crippen LogP contribution in [0.3, 0.4) is 0 Å². The summed E-state index contributed by atoms with van der Waals surface area (Å²) in [5.74, 6) is 0.200. The van der Waals surface area contributed by atoms with Crippen LogP contribution in [0.2, 0.25) is 0 Å². The lowest BCUT2D eigenvalue weighted by atomic mass is 10.1. The van der Waals surface area contributed by atoms with Gasteiger partial charge >= 0.3 is 11.9 Å². The first-order valence-electron chi connectivity index (χ1n) is 10.8. The third-order valence-corrected chi connectivity index (χ3v) is 6.89. The van der Waals surface area contributed by atoms with E-state index in [0.717, 1.165) is 16.2 Å². The normalized spacial score (nSPS) is 19.3. The van der Waals surface area contributed by atoms with Gasteiger partial charge in [0.05, 0.1) is 17.2 Å². The highest BCUT2D eigenvalue weighted by Crippen LogP contribution is 2.21. The van der Waals surface area contributed by atoms with E-state index in [9.17, 15) is 14.7 Å². The number of aliphatic imine (C=N–C) groups is 2. The average Bonchev–Trinajstić information content (AvgIpc) is 3.52. The van der Waals surface area contributed by atoms with Crippen molar-refractivity contribution in [1.82, 2.24) is 0 Å². The van der Waals surface area contributed by atoms with Crippen molar-refractivity contribution in [3.8, 4) is 5.75 Å². The summed E-state index contributed by atoms with van der Waals surface area (Å²) in [6, 6.07) is 14.1. The minimum Gasteiger partial charge on any atom is -0.508 e. The molecule has 2 aliphatic rings. The fourth-order valence-electron chi connectivity index (χ4n) is 3.09. The first kappa shape index (κ1) is 26.3. The maximum Gasteiger partial charge on any atom is 0.331 e. The van der Waals surface area contributed by atoms with Crippen LogP contribution >= 0.6 is 23.5 Å². The quantitative estimate of drug-likeness (QED) is 0.542. The highest BCUT2D eigenvalue weighted by Gasteiger charge is 2.24. The molecule has 0 aromatic heterocycles. The van der Waals surface area contributed by atoms with Crippen LogP contribution in [0.15, 0.2) is 70.7 Å². The number of nitrogens with zero attached hydrogens (tertiary/aromatic N) is 2. The van der Waals surface area contributed by atoms with Crippen LogP contribution in [0.4, 0.5) is 0 Å². The van der Waals surface area contributed by atoms with E-state index < -0.39 is 12.0 Å². The van der Waals surface area contributed by atoms with E-state index in [1.54, 1.807) is 42.1 Å². The summed E-state index contributed by atoms with van der Waals surface area (Å²) in [6.07, 6.45) is 7.53. The standard InChI is InChI=1S/C14H15NO2S.C12H11NO3S/c1-10-4-3-5-11(8-10)6-7-13-15-12(9-18-13)14(16)17-2;14-9-3-1-2-8(6-9)4-5-11-13-10(7-17-11)12(15)16/h3-8,12H,9H2,1-2H3;1-6,10,14H,7H2,(H,15,16)/b7-6+;5-4+/t12-;10-/m11/s1. The van der Waals surface area contributed by atoms with Gasteiger partial charge in [0.15, 0.2) is 12.1 Å². The molecular formula is C26H26N2O5S2. The number of thioether (sulfide) groups is 2. The fourth-order valence-corrected chi connectivity index (χ4v) is 4.90. The smallest absolute Gasteiger partial charge is 0.331 e. The zero-order valence-electron chi connectivity index (χ0n) is 19.3. The van der Waals surface area contributed by atoms with Gasteiger partial charge in [0.1, 0.15) is 5.75 Å². The number of benzene rings is 2. The second kappa shape index (κ2) is 13.0. The summed E-state index contributed by atoms with van der Waals surface area (Å²) in [5, 5.41) is 19.6. The number of aliphatic carboxylic acids is 1. The number of carbonyl (C=O) groups excluding carboxylic acids is 1. The van der Waals surface area contributed by atoms with E-state index in [1.165, 1.54) is 24.4 Å². The van der Waals surface area contributed by atoms with E-state index in [2.05, 4.69) is 33.8 Å². The van der Waals surface area contributed by atoms with E-state index >= 15 is 0 Å². The van der Waals surface area contributed by atoms with Crippen molar-refractivity contribution in [3.63, 3.8) is 0 Å². The van der Waals surface area contributed by atoms with Crippen molar-refractivity contribution >= 4 is 57.7 Å². The van der Waals surface area contributed by atoms with Crippen molar-refractivity contribution < 1.29 is 24.5 Å². The number of carbonyl (C=O) groups is 2. The van der Waals surface area contributed by atoms with E-state index in [1.807, 2.05) is 30.4 Å². The highest BCUT2D eigenvalue weighted by molar-refractivity contribution is 8.15.